The number of fused-ring (bicyclic) bond motifs is 1. The number of carboxylic acid groups (broad SMARTS) is 1. The molecule has 0 fully saturated rings. The van der Waals surface area contributed by atoms with Gasteiger partial charge >= 0.3 is 5.97 Å². The lowest BCUT2D eigenvalue weighted by Crippen LogP contribution is -2.13. The van der Waals surface area contributed by atoms with Crippen LogP contribution in [0.3, 0.4) is 0 Å². The van der Waals surface area contributed by atoms with Crippen LogP contribution < -0.4 is 4.74 Å². The molecule has 5 nitrogen and oxygen atoms in total. The minimum atomic E-state index is -1.05. The summed E-state index contributed by atoms with van der Waals surface area (Å²) < 4.78 is 19.9. The molecule has 1 aromatic carbocycles. The van der Waals surface area contributed by atoms with Crippen LogP contribution in [0.25, 0.3) is 10.9 Å². The molecule has 0 radical (unpaired) electrons. The van der Waals surface area contributed by atoms with Gasteiger partial charge in [-0.1, -0.05) is 11.6 Å². The van der Waals surface area contributed by atoms with Gasteiger partial charge in [0.2, 0.25) is 0 Å². The second kappa shape index (κ2) is 6.50. The number of methoxy groups -OCH3 is 1. The number of carboxylic acids is 1. The number of nitrogens with zero attached hydrogens (tertiary/aromatic N) is 1. The molecule has 0 spiro atoms. The normalized spacial score (nSPS) is 11.0. The number of thiophene rings is 1. The van der Waals surface area contributed by atoms with Crippen molar-refractivity contribution in [3.8, 4) is 5.75 Å². The number of hydrogen-bond acceptors (Lipinski definition) is 4. The number of ether oxygens (including phenoxy) is 1. The van der Waals surface area contributed by atoms with E-state index in [1.807, 2.05) is 0 Å². The number of carbonyl (C=O) groups excluding carboxylic acids is 1. The molecule has 0 atom stereocenters. The van der Waals surface area contributed by atoms with E-state index in [-0.39, 0.29) is 17.0 Å². The third-order valence-corrected chi connectivity index (χ3v) is 5.05. The van der Waals surface area contributed by atoms with E-state index in [2.05, 4.69) is 0 Å². The van der Waals surface area contributed by atoms with Crippen LogP contribution in [0.15, 0.2) is 23.6 Å². The molecule has 0 amide bonds. The number of halogens is 2. The zero-order valence-electron chi connectivity index (χ0n) is 13.3. The summed E-state index contributed by atoms with van der Waals surface area (Å²) >= 11 is 7.19. The molecule has 0 unspecified atom stereocenters. The second-order valence-corrected chi connectivity index (χ2v) is 6.63. The molecule has 0 saturated carbocycles. The van der Waals surface area contributed by atoms with Gasteiger partial charge in [0.15, 0.2) is 5.13 Å². The summed E-state index contributed by atoms with van der Waals surface area (Å²) in [6.07, 6.45) is -0.298. The van der Waals surface area contributed by atoms with E-state index in [1.54, 1.807) is 19.1 Å². The van der Waals surface area contributed by atoms with Crippen LogP contribution in [0, 0.1) is 12.1 Å². The molecule has 8 heteroatoms. The van der Waals surface area contributed by atoms with E-state index in [9.17, 15) is 19.1 Å². The Morgan fingerprint density at radius 1 is 1.40 bits per heavy atom. The van der Waals surface area contributed by atoms with Crippen LogP contribution in [0.4, 0.5) is 4.39 Å². The van der Waals surface area contributed by atoms with Gasteiger partial charge in [0.1, 0.15) is 5.75 Å². The van der Waals surface area contributed by atoms with Gasteiger partial charge in [-0.15, -0.1) is 11.3 Å². The van der Waals surface area contributed by atoms with Crippen molar-refractivity contribution in [3.05, 3.63) is 50.6 Å². The first-order valence-electron chi connectivity index (χ1n) is 7.22. The Morgan fingerprint density at radius 3 is 2.68 bits per heavy atom. The van der Waals surface area contributed by atoms with Crippen molar-refractivity contribution in [1.82, 2.24) is 4.57 Å². The molecule has 3 rings (SSSR count). The summed E-state index contributed by atoms with van der Waals surface area (Å²) in [6.45, 7) is 1.64. The fraction of sp³-hybridized carbons (Fsp3) is 0.176. The van der Waals surface area contributed by atoms with Crippen LogP contribution in [0.1, 0.15) is 21.6 Å². The maximum absolute atomic E-state index is 13.3. The molecule has 2 aromatic heterocycles. The lowest BCUT2D eigenvalue weighted by molar-refractivity contribution is -0.136. The summed E-state index contributed by atoms with van der Waals surface area (Å²) in [5.41, 5.74) is 1.52. The predicted molar refractivity (Wildman–Crippen MR) is 93.6 cm³/mol. The zero-order chi connectivity index (χ0) is 18.3. The Bertz CT molecular complexity index is 1010. The molecule has 0 saturated heterocycles. The van der Waals surface area contributed by atoms with E-state index < -0.39 is 17.0 Å². The lowest BCUT2D eigenvalue weighted by Gasteiger charge is -2.07. The Balaban J connectivity index is 2.32. The van der Waals surface area contributed by atoms with Crippen molar-refractivity contribution in [2.24, 2.45) is 0 Å². The number of hydrogen-bond donors (Lipinski definition) is 1. The van der Waals surface area contributed by atoms with Crippen molar-refractivity contribution < 1.29 is 23.8 Å². The Labute approximate surface area is 151 Å². The average Bonchev–Trinajstić information content (AvgIpc) is 3.10. The smallest absolute Gasteiger partial charge is 0.307 e. The first-order chi connectivity index (χ1) is 11.8. The van der Waals surface area contributed by atoms with E-state index in [0.717, 1.165) is 17.4 Å². The quantitative estimate of drug-likeness (QED) is 0.737. The molecule has 3 aromatic rings. The van der Waals surface area contributed by atoms with Gasteiger partial charge in [0, 0.05) is 16.5 Å². The van der Waals surface area contributed by atoms with Gasteiger partial charge in [-0.3, -0.25) is 14.2 Å². The minimum absolute atomic E-state index is 0.191. The maximum Gasteiger partial charge on any atom is 0.307 e. The van der Waals surface area contributed by atoms with Crippen LogP contribution in [0.5, 0.6) is 5.75 Å². The van der Waals surface area contributed by atoms with E-state index in [1.165, 1.54) is 17.1 Å². The summed E-state index contributed by atoms with van der Waals surface area (Å²) in [7, 11) is 1.45. The van der Waals surface area contributed by atoms with Crippen LogP contribution in [0.2, 0.25) is 5.02 Å². The molecule has 130 valence electrons. The maximum atomic E-state index is 13.3. The van der Waals surface area contributed by atoms with Crippen molar-refractivity contribution in [2.45, 2.75) is 13.3 Å². The SMILES string of the molecule is COc1ccc2c(c1Cl)c(CC(=O)O)c(C)n2C(=O)c1csc(F)c1. The highest BCUT2D eigenvalue weighted by atomic mass is 35.5. The van der Waals surface area contributed by atoms with Gasteiger partial charge in [-0.05, 0) is 30.7 Å². The number of aliphatic carboxylic acids is 1. The highest BCUT2D eigenvalue weighted by Crippen LogP contribution is 2.38. The minimum Gasteiger partial charge on any atom is -0.495 e. The average molecular weight is 382 g/mol. The van der Waals surface area contributed by atoms with Gasteiger partial charge in [0.05, 0.1) is 29.6 Å². The predicted octanol–water partition coefficient (Wildman–Crippen LogP) is 4.13. The van der Waals surface area contributed by atoms with E-state index in [4.69, 9.17) is 16.3 Å². The topological polar surface area (TPSA) is 68.5 Å². The van der Waals surface area contributed by atoms with Crippen molar-refractivity contribution >= 4 is 45.7 Å². The number of aromatic nitrogens is 1. The monoisotopic (exact) mass is 381 g/mol. The van der Waals surface area contributed by atoms with Crippen molar-refractivity contribution in [1.29, 1.82) is 0 Å². The van der Waals surface area contributed by atoms with Crippen molar-refractivity contribution in [3.63, 3.8) is 0 Å². The standard InChI is InChI=1S/C17H13ClFNO4S/c1-8-10(6-14(21)22)15-11(3-4-12(24-2)16(15)18)20(8)17(23)9-5-13(19)25-7-9/h3-5,7H,6H2,1-2H3,(H,21,22). The lowest BCUT2D eigenvalue weighted by atomic mass is 10.1. The molecule has 0 bridgehead atoms. The number of carbonyl (C=O) groups is 2. The Hall–Kier alpha value is -2.38. The fourth-order valence-electron chi connectivity index (χ4n) is 2.85. The highest BCUT2D eigenvalue weighted by Gasteiger charge is 2.24. The molecular weight excluding hydrogens is 369 g/mol. The third-order valence-electron chi connectivity index (χ3n) is 3.96. The van der Waals surface area contributed by atoms with Gasteiger partial charge < -0.3 is 9.84 Å². The molecule has 1 N–H and O–H groups in total. The van der Waals surface area contributed by atoms with Crippen LogP contribution >= 0.6 is 22.9 Å². The van der Waals surface area contributed by atoms with Crippen LogP contribution in [-0.2, 0) is 11.2 Å². The first kappa shape index (κ1) is 17.4. The van der Waals surface area contributed by atoms with Crippen molar-refractivity contribution in [2.75, 3.05) is 7.11 Å². The molecule has 0 aliphatic carbocycles. The van der Waals surface area contributed by atoms with Crippen LogP contribution in [-0.4, -0.2) is 28.7 Å². The fourth-order valence-corrected chi connectivity index (χ4v) is 3.81. The zero-order valence-corrected chi connectivity index (χ0v) is 14.9. The van der Waals surface area contributed by atoms with Gasteiger partial charge in [-0.2, -0.15) is 4.39 Å². The Kier molecular flexibility index (Phi) is 4.53. The Morgan fingerprint density at radius 2 is 2.12 bits per heavy atom. The summed E-state index contributed by atoms with van der Waals surface area (Å²) in [6, 6.07) is 4.39. The van der Waals surface area contributed by atoms with Gasteiger partial charge in [-0.25, -0.2) is 0 Å². The summed E-state index contributed by atoms with van der Waals surface area (Å²) in [5, 5.41) is 10.9. The summed E-state index contributed by atoms with van der Waals surface area (Å²) in [4.78, 5) is 24.1. The van der Waals surface area contributed by atoms with Gasteiger partial charge in [0.25, 0.3) is 5.91 Å². The molecule has 2 heterocycles. The van der Waals surface area contributed by atoms with E-state index in [0.29, 0.717) is 27.9 Å². The molecule has 25 heavy (non-hydrogen) atoms. The highest BCUT2D eigenvalue weighted by molar-refractivity contribution is 7.08. The third kappa shape index (κ3) is 2.89. The number of rotatable bonds is 4. The molecular formula is C17H13ClFNO4S. The molecule has 0 aliphatic heterocycles. The first-order valence-corrected chi connectivity index (χ1v) is 8.47. The van der Waals surface area contributed by atoms with E-state index >= 15 is 0 Å². The number of benzene rings is 1. The molecule has 0 aliphatic rings. The largest absolute Gasteiger partial charge is 0.495 e. The second-order valence-electron chi connectivity index (χ2n) is 5.39. The summed E-state index contributed by atoms with van der Waals surface area (Å²) in [5.74, 6) is -1.11.